The predicted molar refractivity (Wildman–Crippen MR) is 115 cm³/mol. The molecule has 0 spiro atoms. The van der Waals surface area contributed by atoms with Gasteiger partial charge >= 0.3 is 18.0 Å². The third-order valence-corrected chi connectivity index (χ3v) is 3.80. The van der Waals surface area contributed by atoms with Gasteiger partial charge in [-0.25, -0.2) is 9.59 Å². The summed E-state index contributed by atoms with van der Waals surface area (Å²) in [7, 11) is 0. The van der Waals surface area contributed by atoms with Crippen molar-refractivity contribution in [3.63, 3.8) is 0 Å². The molecule has 0 aliphatic heterocycles. The zero-order valence-electron chi connectivity index (χ0n) is 21.0. The average Bonchev–Trinajstić information content (AvgIpc) is 2.68. The summed E-state index contributed by atoms with van der Waals surface area (Å²) in [5.74, 6) is -3.40. The van der Waals surface area contributed by atoms with E-state index < -0.39 is 60.0 Å². The van der Waals surface area contributed by atoms with Crippen molar-refractivity contribution in [2.24, 2.45) is 5.92 Å². The smallest absolute Gasteiger partial charge is 0.408 e. The molecule has 0 unspecified atom stereocenters. The van der Waals surface area contributed by atoms with Crippen molar-refractivity contribution in [3.05, 3.63) is 0 Å². The van der Waals surface area contributed by atoms with Crippen LogP contribution in [0.15, 0.2) is 0 Å². The van der Waals surface area contributed by atoms with Gasteiger partial charge in [0, 0.05) is 6.42 Å². The Bertz CT molecular complexity index is 693. The number of hydrogen-bond donors (Lipinski definition) is 3. The van der Waals surface area contributed by atoms with E-state index in [1.165, 1.54) is 0 Å². The van der Waals surface area contributed by atoms with E-state index in [0.717, 1.165) is 0 Å². The van der Waals surface area contributed by atoms with Gasteiger partial charge in [-0.15, -0.1) is 0 Å². The Hall–Kier alpha value is -2.85. The Morgan fingerprint density at radius 1 is 1.00 bits per heavy atom. The van der Waals surface area contributed by atoms with Crippen molar-refractivity contribution < 1.29 is 39.6 Å². The molecule has 0 fully saturated rings. The standard InChI is InChI=1S/C21H37N3O8/c1-8-30-16(26)11-10-14(19(28)31-9-2)23-18(27)17(13(3)4)24-15(25)12-22-20(29)32-21(5,6)7/h13-14,17H,8-12H2,1-7H3,(H,22,29)(H,23,27)(H,24,25)/t14-,17-/m0/s1/i/hD. The van der Waals surface area contributed by atoms with Crippen LogP contribution in [-0.2, 0) is 33.4 Å². The zero-order chi connectivity index (χ0) is 25.8. The molecule has 2 atom stereocenters. The summed E-state index contributed by atoms with van der Waals surface area (Å²) < 4.78 is 22.9. The molecular weight excluding hydrogens is 422 g/mol. The highest BCUT2D eigenvalue weighted by atomic mass is 16.6. The van der Waals surface area contributed by atoms with E-state index in [0.29, 0.717) is 5.31 Å². The first-order valence-corrected chi connectivity index (χ1v) is 10.6. The lowest BCUT2D eigenvalue weighted by Gasteiger charge is -2.25. The molecule has 0 radical (unpaired) electrons. The Morgan fingerprint density at radius 2 is 1.59 bits per heavy atom. The lowest BCUT2D eigenvalue weighted by molar-refractivity contribution is -0.149. The molecule has 0 aromatic heterocycles. The van der Waals surface area contributed by atoms with Gasteiger partial charge in [0.15, 0.2) is 1.41 Å². The topological polar surface area (TPSA) is 149 Å². The second kappa shape index (κ2) is 14.3. The number of esters is 2. The van der Waals surface area contributed by atoms with Gasteiger partial charge in [0.05, 0.1) is 13.2 Å². The van der Waals surface area contributed by atoms with Crippen LogP contribution < -0.4 is 15.9 Å². The maximum atomic E-state index is 12.9. The van der Waals surface area contributed by atoms with Crippen molar-refractivity contribution in [3.8, 4) is 0 Å². The van der Waals surface area contributed by atoms with E-state index in [-0.39, 0.29) is 26.1 Å². The first-order chi connectivity index (χ1) is 15.2. The highest BCUT2D eigenvalue weighted by Crippen LogP contribution is 2.08. The number of nitrogens with one attached hydrogen (secondary N) is 3. The van der Waals surface area contributed by atoms with Crippen molar-refractivity contribution in [2.45, 2.75) is 79.0 Å². The fourth-order valence-electron chi connectivity index (χ4n) is 2.42. The fraction of sp³-hybridized carbons (Fsp3) is 0.762. The van der Waals surface area contributed by atoms with Crippen LogP contribution in [0.4, 0.5) is 4.79 Å². The summed E-state index contributed by atoms with van der Waals surface area (Å²) >= 11 is 0. The third-order valence-electron chi connectivity index (χ3n) is 3.80. The molecule has 3 N–H and O–H groups in total. The van der Waals surface area contributed by atoms with Crippen molar-refractivity contribution in [1.82, 2.24) is 15.9 Å². The number of carbonyl (C=O) groups excluding carboxylic acids is 5. The van der Waals surface area contributed by atoms with Crippen molar-refractivity contribution in [1.29, 1.82) is 0 Å². The number of rotatable bonds is 12. The molecule has 0 saturated carbocycles. The lowest BCUT2D eigenvalue weighted by atomic mass is 10.0. The molecule has 0 rings (SSSR count). The van der Waals surface area contributed by atoms with E-state index in [1.807, 2.05) is 0 Å². The van der Waals surface area contributed by atoms with Crippen LogP contribution in [0, 0.1) is 5.92 Å². The highest BCUT2D eigenvalue weighted by molar-refractivity contribution is 5.92. The number of amides is 3. The molecule has 0 bridgehead atoms. The van der Waals surface area contributed by atoms with Crippen LogP contribution in [0.25, 0.3) is 0 Å². The monoisotopic (exact) mass is 460 g/mol. The Labute approximate surface area is 190 Å². The predicted octanol–water partition coefficient (Wildman–Crippen LogP) is 1.04. The van der Waals surface area contributed by atoms with E-state index >= 15 is 0 Å². The molecule has 0 saturated heterocycles. The first kappa shape index (κ1) is 27.2. The summed E-state index contributed by atoms with van der Waals surface area (Å²) in [6, 6.07) is -2.43. The third kappa shape index (κ3) is 12.8. The number of alkyl carbamates (subject to hydrolysis) is 1. The van der Waals surface area contributed by atoms with Gasteiger partial charge in [0.25, 0.3) is 0 Å². The molecule has 184 valence electrons. The van der Waals surface area contributed by atoms with Crippen LogP contribution in [-0.4, -0.2) is 67.3 Å². The molecule has 3 amide bonds. The molecular formula is C21H37N3O8. The van der Waals surface area contributed by atoms with Gasteiger partial charge < -0.3 is 30.2 Å². The number of carbonyl (C=O) groups is 5. The van der Waals surface area contributed by atoms with Gasteiger partial charge in [-0.2, -0.15) is 0 Å². The van der Waals surface area contributed by atoms with Crippen molar-refractivity contribution >= 4 is 29.8 Å². The van der Waals surface area contributed by atoms with Gasteiger partial charge in [-0.05, 0) is 47.0 Å². The lowest BCUT2D eigenvalue weighted by Crippen LogP contribution is -2.55. The molecule has 0 aromatic carbocycles. The average molecular weight is 461 g/mol. The maximum Gasteiger partial charge on any atom is 0.408 e. The van der Waals surface area contributed by atoms with E-state index in [9.17, 15) is 24.0 Å². The molecule has 0 aliphatic carbocycles. The SMILES string of the molecule is [2H]N(C(=O)CNC(=O)OC(C)(C)C)[C@H](C(=O)N[C@@H](CCC(=O)OCC)C(=O)OCC)C(C)C. The Kier molecular flexibility index (Phi) is 12.1. The summed E-state index contributed by atoms with van der Waals surface area (Å²) in [4.78, 5) is 60.9. The normalized spacial score (nSPS) is 13.3. The molecule has 11 heteroatoms. The molecule has 0 aromatic rings. The maximum absolute atomic E-state index is 12.9. The van der Waals surface area contributed by atoms with Gasteiger partial charge in [0.1, 0.15) is 24.2 Å². The van der Waals surface area contributed by atoms with E-state index in [4.69, 9.17) is 15.6 Å². The molecule has 32 heavy (non-hydrogen) atoms. The van der Waals surface area contributed by atoms with E-state index in [2.05, 4.69) is 10.6 Å². The Balaban J connectivity index is 5.25. The van der Waals surface area contributed by atoms with Gasteiger partial charge in [0.2, 0.25) is 11.8 Å². The quantitative estimate of drug-likeness (QED) is 0.289. The largest absolute Gasteiger partial charge is 0.466 e. The minimum Gasteiger partial charge on any atom is -0.466 e. The van der Waals surface area contributed by atoms with E-state index in [1.54, 1.807) is 48.5 Å². The van der Waals surface area contributed by atoms with Crippen LogP contribution in [0.1, 0.15) is 61.3 Å². The first-order valence-electron chi connectivity index (χ1n) is 11.1. The summed E-state index contributed by atoms with van der Waals surface area (Å²) in [5.41, 5.74) is -0.764. The van der Waals surface area contributed by atoms with Crippen LogP contribution in [0.5, 0.6) is 0 Å². The zero-order valence-corrected chi connectivity index (χ0v) is 20.0. The molecule has 11 nitrogen and oxygen atoms in total. The van der Waals surface area contributed by atoms with Gasteiger partial charge in [-0.3, -0.25) is 14.4 Å². The molecule has 0 heterocycles. The minimum absolute atomic E-state index is 0.0671. The highest BCUT2D eigenvalue weighted by Gasteiger charge is 2.30. The fourth-order valence-corrected chi connectivity index (χ4v) is 2.42. The van der Waals surface area contributed by atoms with Crippen LogP contribution in [0.2, 0.25) is 1.41 Å². The summed E-state index contributed by atoms with van der Waals surface area (Å²) in [5, 5.41) is 5.16. The summed E-state index contributed by atoms with van der Waals surface area (Å²) in [6.45, 7) is 11.2. The van der Waals surface area contributed by atoms with Crippen molar-refractivity contribution in [2.75, 3.05) is 19.8 Å². The van der Waals surface area contributed by atoms with Crippen LogP contribution in [0.3, 0.4) is 0 Å². The van der Waals surface area contributed by atoms with Crippen LogP contribution >= 0.6 is 0 Å². The number of hydrogen-bond acceptors (Lipinski definition) is 8. The second-order valence-electron chi connectivity index (χ2n) is 8.22. The Morgan fingerprint density at radius 3 is 2.09 bits per heavy atom. The van der Waals surface area contributed by atoms with Gasteiger partial charge in [-0.1, -0.05) is 13.8 Å². The molecule has 0 aliphatic rings. The number of ether oxygens (including phenoxy) is 3. The minimum atomic E-state index is -1.27. The summed E-state index contributed by atoms with van der Waals surface area (Å²) in [6.07, 6.45) is -1.04. The second-order valence-corrected chi connectivity index (χ2v) is 8.22.